The van der Waals surface area contributed by atoms with Gasteiger partial charge in [-0.1, -0.05) is 0 Å². The van der Waals surface area contributed by atoms with Crippen molar-refractivity contribution >= 4 is 35.0 Å². The van der Waals surface area contributed by atoms with Crippen LogP contribution in [0.1, 0.15) is 19.8 Å². The van der Waals surface area contributed by atoms with Crippen LogP contribution in [0.3, 0.4) is 0 Å². The fourth-order valence-corrected chi connectivity index (χ4v) is 2.92. The van der Waals surface area contributed by atoms with Crippen LogP contribution in [-0.2, 0) is 9.59 Å². The maximum Gasteiger partial charge on any atom is 0.406 e. The molecule has 1 heterocycles. The first-order valence-electron chi connectivity index (χ1n) is 6.01. The van der Waals surface area contributed by atoms with Gasteiger partial charge in [0.05, 0.1) is 5.41 Å². The number of alkyl halides is 5. The van der Waals surface area contributed by atoms with Gasteiger partial charge in [0.15, 0.2) is 0 Å². The standard InChI is InChI=1S/C11H13Cl2F3N2O2/c1-9(4-10(9,12)13)8(20)17-6-2-3-18(7(6)19)5-11(14,15)16/h6H,2-5H2,1H3,(H,17,20). The predicted molar refractivity (Wildman–Crippen MR) is 66.3 cm³/mol. The van der Waals surface area contributed by atoms with Crippen molar-refractivity contribution in [1.29, 1.82) is 0 Å². The highest BCUT2D eigenvalue weighted by atomic mass is 35.5. The zero-order valence-corrected chi connectivity index (χ0v) is 12.1. The van der Waals surface area contributed by atoms with Gasteiger partial charge < -0.3 is 10.2 Å². The van der Waals surface area contributed by atoms with Crippen molar-refractivity contribution in [3.8, 4) is 0 Å². The smallest absolute Gasteiger partial charge is 0.344 e. The van der Waals surface area contributed by atoms with Gasteiger partial charge >= 0.3 is 6.18 Å². The number of rotatable bonds is 3. The molecule has 2 unspecified atom stereocenters. The maximum atomic E-state index is 12.3. The molecule has 0 radical (unpaired) electrons. The molecule has 1 aliphatic carbocycles. The van der Waals surface area contributed by atoms with E-state index in [0.29, 0.717) is 4.90 Å². The molecule has 0 aromatic carbocycles. The van der Waals surface area contributed by atoms with E-state index >= 15 is 0 Å². The van der Waals surface area contributed by atoms with Gasteiger partial charge in [0.2, 0.25) is 11.8 Å². The number of halogens is 5. The number of nitrogens with one attached hydrogen (secondary N) is 1. The summed E-state index contributed by atoms with van der Waals surface area (Å²) in [6.07, 6.45) is -4.05. The van der Waals surface area contributed by atoms with Crippen LogP contribution < -0.4 is 5.32 Å². The molecule has 2 amide bonds. The molecule has 2 atom stereocenters. The van der Waals surface area contributed by atoms with E-state index in [4.69, 9.17) is 23.2 Å². The highest BCUT2D eigenvalue weighted by Crippen LogP contribution is 2.63. The summed E-state index contributed by atoms with van der Waals surface area (Å²) in [4.78, 5) is 24.4. The van der Waals surface area contributed by atoms with E-state index in [1.807, 2.05) is 0 Å². The Morgan fingerprint density at radius 3 is 2.50 bits per heavy atom. The maximum absolute atomic E-state index is 12.3. The first kappa shape index (κ1) is 15.7. The van der Waals surface area contributed by atoms with E-state index in [1.54, 1.807) is 6.92 Å². The minimum absolute atomic E-state index is 0.0348. The van der Waals surface area contributed by atoms with Crippen molar-refractivity contribution < 1.29 is 22.8 Å². The number of hydrogen-bond acceptors (Lipinski definition) is 2. The molecule has 0 bridgehead atoms. The van der Waals surface area contributed by atoms with Gasteiger partial charge in [0.1, 0.15) is 16.9 Å². The zero-order chi connectivity index (χ0) is 15.3. The van der Waals surface area contributed by atoms with Crippen molar-refractivity contribution in [2.45, 2.75) is 36.3 Å². The van der Waals surface area contributed by atoms with Crippen LogP contribution in [-0.4, -0.2) is 46.4 Å². The third-order valence-corrected chi connectivity index (χ3v) is 4.83. The Morgan fingerprint density at radius 2 is 2.05 bits per heavy atom. The van der Waals surface area contributed by atoms with E-state index in [1.165, 1.54) is 0 Å². The highest BCUT2D eigenvalue weighted by molar-refractivity contribution is 6.53. The molecule has 2 fully saturated rings. The molecule has 1 aliphatic heterocycles. The molecular formula is C11H13Cl2F3N2O2. The van der Waals surface area contributed by atoms with Gasteiger partial charge in [-0.3, -0.25) is 9.59 Å². The summed E-state index contributed by atoms with van der Waals surface area (Å²) in [5.74, 6) is -1.23. The second-order valence-corrected chi connectivity index (χ2v) is 6.89. The lowest BCUT2D eigenvalue weighted by Gasteiger charge is -2.20. The molecule has 1 N–H and O–H groups in total. The van der Waals surface area contributed by atoms with Gasteiger partial charge in [-0.2, -0.15) is 13.2 Å². The minimum Gasteiger partial charge on any atom is -0.344 e. The largest absolute Gasteiger partial charge is 0.406 e. The SMILES string of the molecule is CC1(C(=O)NC2CCN(CC(F)(F)F)C2=O)CC1(Cl)Cl. The fraction of sp³-hybridized carbons (Fsp3) is 0.818. The summed E-state index contributed by atoms with van der Waals surface area (Å²) in [6.45, 7) is 0.215. The molecule has 0 aromatic heterocycles. The molecule has 114 valence electrons. The molecule has 9 heteroatoms. The number of hydrogen-bond donors (Lipinski definition) is 1. The zero-order valence-electron chi connectivity index (χ0n) is 10.6. The van der Waals surface area contributed by atoms with Crippen LogP contribution in [0.25, 0.3) is 0 Å². The second-order valence-electron chi connectivity index (χ2n) is 5.40. The first-order valence-corrected chi connectivity index (χ1v) is 6.76. The van der Waals surface area contributed by atoms with Crippen molar-refractivity contribution in [3.63, 3.8) is 0 Å². The van der Waals surface area contributed by atoms with Gasteiger partial charge in [-0.05, 0) is 19.8 Å². The number of carbonyl (C=O) groups is 2. The number of carbonyl (C=O) groups excluding carboxylic acids is 2. The van der Waals surface area contributed by atoms with E-state index in [0.717, 1.165) is 0 Å². The normalized spacial score (nSPS) is 32.4. The molecule has 0 aromatic rings. The summed E-state index contributed by atoms with van der Waals surface area (Å²) < 4.78 is 35.6. The van der Waals surface area contributed by atoms with Crippen LogP contribution in [0.2, 0.25) is 0 Å². The Morgan fingerprint density at radius 1 is 1.50 bits per heavy atom. The van der Waals surface area contributed by atoms with Crippen LogP contribution >= 0.6 is 23.2 Å². The Kier molecular flexibility index (Phi) is 3.66. The summed E-state index contributed by atoms with van der Waals surface area (Å²) in [7, 11) is 0. The number of amides is 2. The van der Waals surface area contributed by atoms with Crippen LogP contribution in [0, 0.1) is 5.41 Å². The van der Waals surface area contributed by atoms with Gasteiger partial charge in [0, 0.05) is 6.54 Å². The third-order valence-electron chi connectivity index (χ3n) is 3.73. The summed E-state index contributed by atoms with van der Waals surface area (Å²) >= 11 is 11.7. The second kappa shape index (κ2) is 4.66. The molecular weight excluding hydrogens is 320 g/mol. The molecule has 2 rings (SSSR count). The average molecular weight is 333 g/mol. The first-order chi connectivity index (χ1) is 8.96. The lowest BCUT2D eigenvalue weighted by Crippen LogP contribution is -2.46. The number of likely N-dealkylation sites (tertiary alicyclic amines) is 1. The van der Waals surface area contributed by atoms with Crippen LogP contribution in [0.5, 0.6) is 0 Å². The van der Waals surface area contributed by atoms with Crippen molar-refractivity contribution in [1.82, 2.24) is 10.2 Å². The predicted octanol–water partition coefficient (Wildman–Crippen LogP) is 1.85. The van der Waals surface area contributed by atoms with Gasteiger partial charge in [-0.15, -0.1) is 23.2 Å². The van der Waals surface area contributed by atoms with E-state index in [9.17, 15) is 22.8 Å². The summed E-state index contributed by atoms with van der Waals surface area (Å²) in [5, 5.41) is 2.44. The quantitative estimate of drug-likeness (QED) is 0.802. The Labute approximate surface area is 123 Å². The van der Waals surface area contributed by atoms with Crippen molar-refractivity contribution in [3.05, 3.63) is 0 Å². The molecule has 0 spiro atoms. The average Bonchev–Trinajstić information content (AvgIpc) is 2.63. The van der Waals surface area contributed by atoms with Crippen LogP contribution in [0.4, 0.5) is 13.2 Å². The third kappa shape index (κ3) is 2.83. The summed E-state index contributed by atoms with van der Waals surface area (Å²) in [6, 6.07) is -0.939. The fourth-order valence-electron chi connectivity index (χ4n) is 2.21. The topological polar surface area (TPSA) is 49.4 Å². The lowest BCUT2D eigenvalue weighted by atomic mass is 10.1. The number of nitrogens with zero attached hydrogens (tertiary/aromatic N) is 1. The molecule has 1 saturated carbocycles. The van der Waals surface area contributed by atoms with E-state index < -0.39 is 40.3 Å². The van der Waals surface area contributed by atoms with Gasteiger partial charge in [-0.25, -0.2) is 0 Å². The molecule has 2 aliphatic rings. The van der Waals surface area contributed by atoms with Crippen molar-refractivity contribution in [2.24, 2.45) is 5.41 Å². The monoisotopic (exact) mass is 332 g/mol. The van der Waals surface area contributed by atoms with E-state index in [2.05, 4.69) is 5.32 Å². The van der Waals surface area contributed by atoms with Crippen molar-refractivity contribution in [2.75, 3.05) is 13.1 Å². The highest BCUT2D eigenvalue weighted by Gasteiger charge is 2.68. The molecule has 1 saturated heterocycles. The lowest BCUT2D eigenvalue weighted by molar-refractivity contribution is -0.158. The minimum atomic E-state index is -4.45. The van der Waals surface area contributed by atoms with Crippen LogP contribution in [0.15, 0.2) is 0 Å². The molecule has 20 heavy (non-hydrogen) atoms. The summed E-state index contributed by atoms with van der Waals surface area (Å²) in [5.41, 5.74) is -0.992. The Balaban J connectivity index is 1.93. The van der Waals surface area contributed by atoms with E-state index in [-0.39, 0.29) is 19.4 Å². The Hall–Kier alpha value is -0.690. The molecule has 4 nitrogen and oxygen atoms in total. The van der Waals surface area contributed by atoms with Gasteiger partial charge in [0.25, 0.3) is 0 Å². The Bertz CT molecular complexity index is 455.